The van der Waals surface area contributed by atoms with Crippen LogP contribution in [-0.2, 0) is 6.42 Å². The van der Waals surface area contributed by atoms with E-state index in [1.165, 1.54) is 11.1 Å². The lowest BCUT2D eigenvalue weighted by Gasteiger charge is -2.16. The second kappa shape index (κ2) is 6.07. The van der Waals surface area contributed by atoms with Crippen LogP contribution in [0.15, 0.2) is 41.0 Å². The summed E-state index contributed by atoms with van der Waals surface area (Å²) in [5, 5.41) is 4.26. The summed E-state index contributed by atoms with van der Waals surface area (Å²) in [5.74, 6) is 0.948. The maximum absolute atomic E-state index is 5.90. The molecule has 0 amide bonds. The molecule has 1 unspecified atom stereocenters. The van der Waals surface area contributed by atoms with Gasteiger partial charge in [0.05, 0.1) is 6.26 Å². The van der Waals surface area contributed by atoms with Gasteiger partial charge < -0.3 is 9.73 Å². The Balaban J connectivity index is 2.13. The summed E-state index contributed by atoms with van der Waals surface area (Å²) >= 11 is 5.90. The normalized spacial score (nSPS) is 12.6. The van der Waals surface area contributed by atoms with E-state index < -0.39 is 0 Å². The maximum Gasteiger partial charge on any atom is 0.101 e. The van der Waals surface area contributed by atoms with Crippen LogP contribution in [0.3, 0.4) is 0 Å². The van der Waals surface area contributed by atoms with E-state index in [4.69, 9.17) is 16.0 Å². The average Bonchev–Trinajstić information content (AvgIpc) is 2.78. The van der Waals surface area contributed by atoms with Crippen molar-refractivity contribution in [2.75, 3.05) is 6.54 Å². The first-order valence-corrected chi connectivity index (χ1v) is 6.59. The van der Waals surface area contributed by atoms with Crippen LogP contribution < -0.4 is 5.32 Å². The predicted molar refractivity (Wildman–Crippen MR) is 75.0 cm³/mol. The molecule has 0 aliphatic heterocycles. The van der Waals surface area contributed by atoms with E-state index in [0.29, 0.717) is 0 Å². The fourth-order valence-electron chi connectivity index (χ4n) is 2.06. The highest BCUT2D eigenvalue weighted by molar-refractivity contribution is 6.30. The lowest BCUT2D eigenvalue weighted by molar-refractivity contribution is 0.511. The number of nitrogens with one attached hydrogen (secondary N) is 1. The van der Waals surface area contributed by atoms with Gasteiger partial charge in [0.1, 0.15) is 5.76 Å². The van der Waals surface area contributed by atoms with Gasteiger partial charge in [-0.1, -0.05) is 30.7 Å². The van der Waals surface area contributed by atoms with Crippen LogP contribution in [0.1, 0.15) is 29.9 Å². The first-order chi connectivity index (χ1) is 8.69. The zero-order valence-corrected chi connectivity index (χ0v) is 11.5. The van der Waals surface area contributed by atoms with Crippen molar-refractivity contribution in [1.29, 1.82) is 0 Å². The van der Waals surface area contributed by atoms with E-state index in [9.17, 15) is 0 Å². The smallest absolute Gasteiger partial charge is 0.101 e. The zero-order valence-electron chi connectivity index (χ0n) is 10.7. The van der Waals surface area contributed by atoms with E-state index in [1.807, 2.05) is 25.3 Å². The summed E-state index contributed by atoms with van der Waals surface area (Å²) in [6, 6.07) is 10.4. The number of rotatable bonds is 5. The first kappa shape index (κ1) is 13.2. The number of benzene rings is 1. The van der Waals surface area contributed by atoms with Crippen LogP contribution in [0.5, 0.6) is 0 Å². The van der Waals surface area contributed by atoms with Crippen molar-refractivity contribution >= 4 is 11.6 Å². The van der Waals surface area contributed by atoms with Crippen molar-refractivity contribution < 1.29 is 4.42 Å². The number of furan rings is 1. The van der Waals surface area contributed by atoms with E-state index >= 15 is 0 Å². The van der Waals surface area contributed by atoms with Gasteiger partial charge in [-0.2, -0.15) is 0 Å². The molecule has 2 rings (SSSR count). The van der Waals surface area contributed by atoms with Crippen molar-refractivity contribution in [1.82, 2.24) is 5.32 Å². The van der Waals surface area contributed by atoms with Crippen LogP contribution in [0, 0.1) is 6.92 Å². The van der Waals surface area contributed by atoms with Gasteiger partial charge in [0.2, 0.25) is 0 Å². The molecule has 1 atom stereocenters. The molecule has 96 valence electrons. The lowest BCUT2D eigenvalue weighted by Crippen LogP contribution is -2.22. The van der Waals surface area contributed by atoms with Gasteiger partial charge in [0, 0.05) is 16.6 Å². The fourth-order valence-corrected chi connectivity index (χ4v) is 2.18. The molecule has 0 saturated carbocycles. The number of aryl methyl sites for hydroxylation is 1. The Morgan fingerprint density at radius 2 is 2.00 bits per heavy atom. The molecule has 0 aliphatic carbocycles. The quantitative estimate of drug-likeness (QED) is 0.877. The molecule has 0 saturated heterocycles. The average molecular weight is 264 g/mol. The van der Waals surface area contributed by atoms with Crippen LogP contribution in [0.4, 0.5) is 0 Å². The predicted octanol–water partition coefficient (Wildman–Crippen LogP) is 4.13. The molecule has 3 heteroatoms. The van der Waals surface area contributed by atoms with Crippen LogP contribution in [-0.4, -0.2) is 6.54 Å². The van der Waals surface area contributed by atoms with Crippen molar-refractivity contribution in [2.45, 2.75) is 26.3 Å². The minimum absolute atomic E-state index is 0.286. The highest BCUT2D eigenvalue weighted by atomic mass is 35.5. The molecule has 18 heavy (non-hydrogen) atoms. The topological polar surface area (TPSA) is 25.2 Å². The molecule has 0 fully saturated rings. The van der Waals surface area contributed by atoms with Crippen LogP contribution in [0.25, 0.3) is 0 Å². The molecular formula is C15H18ClNO. The third kappa shape index (κ3) is 3.37. The second-order valence-corrected chi connectivity index (χ2v) is 4.87. The maximum atomic E-state index is 5.90. The summed E-state index contributed by atoms with van der Waals surface area (Å²) in [4.78, 5) is 0. The number of hydrogen-bond donors (Lipinski definition) is 1. The van der Waals surface area contributed by atoms with Crippen molar-refractivity contribution in [3.8, 4) is 0 Å². The second-order valence-electron chi connectivity index (χ2n) is 4.43. The van der Waals surface area contributed by atoms with Gasteiger partial charge in [0.25, 0.3) is 0 Å². The molecule has 2 aromatic rings. The third-order valence-electron chi connectivity index (χ3n) is 2.96. The Morgan fingerprint density at radius 1 is 1.28 bits per heavy atom. The molecule has 1 heterocycles. The highest BCUT2D eigenvalue weighted by Gasteiger charge is 2.13. The van der Waals surface area contributed by atoms with Gasteiger partial charge >= 0.3 is 0 Å². The lowest BCUT2D eigenvalue weighted by atomic mass is 10.0. The fraction of sp³-hybridized carbons (Fsp3) is 0.333. The minimum Gasteiger partial charge on any atom is -0.469 e. The molecule has 0 radical (unpaired) electrons. The Labute approximate surface area is 113 Å². The number of halogens is 1. The molecule has 0 aliphatic rings. The monoisotopic (exact) mass is 263 g/mol. The molecule has 1 aromatic heterocycles. The van der Waals surface area contributed by atoms with E-state index in [0.717, 1.165) is 23.7 Å². The summed E-state index contributed by atoms with van der Waals surface area (Å²) in [6.45, 7) is 5.01. The molecule has 0 bridgehead atoms. The Bertz CT molecular complexity index is 489. The summed E-state index contributed by atoms with van der Waals surface area (Å²) in [5.41, 5.74) is 2.47. The first-order valence-electron chi connectivity index (χ1n) is 6.22. The molecule has 1 aromatic carbocycles. The van der Waals surface area contributed by atoms with Gasteiger partial charge in [-0.05, 0) is 43.7 Å². The molecule has 0 spiro atoms. The largest absolute Gasteiger partial charge is 0.469 e. The number of likely N-dealkylation sites (N-methyl/N-ethyl adjacent to an activating group) is 1. The minimum atomic E-state index is 0.286. The van der Waals surface area contributed by atoms with Crippen molar-refractivity contribution in [3.05, 3.63) is 58.5 Å². The Kier molecular flexibility index (Phi) is 4.45. The number of hydrogen-bond acceptors (Lipinski definition) is 2. The SMILES string of the molecule is CCNC(Cc1ccc(Cl)cc1)c1coc(C)c1. The van der Waals surface area contributed by atoms with Crippen molar-refractivity contribution in [2.24, 2.45) is 0 Å². The standard InChI is InChI=1S/C15H18ClNO/c1-3-17-15(13-8-11(2)18-10-13)9-12-4-6-14(16)7-5-12/h4-8,10,15,17H,3,9H2,1-2H3. The molecule has 1 N–H and O–H groups in total. The van der Waals surface area contributed by atoms with Gasteiger partial charge in [-0.25, -0.2) is 0 Å². The van der Waals surface area contributed by atoms with Crippen molar-refractivity contribution in [3.63, 3.8) is 0 Å². The van der Waals surface area contributed by atoms with E-state index in [-0.39, 0.29) is 6.04 Å². The summed E-state index contributed by atoms with van der Waals surface area (Å²) in [6.07, 6.45) is 2.77. The summed E-state index contributed by atoms with van der Waals surface area (Å²) in [7, 11) is 0. The summed E-state index contributed by atoms with van der Waals surface area (Å²) < 4.78 is 5.39. The van der Waals surface area contributed by atoms with E-state index in [2.05, 4.69) is 30.4 Å². The van der Waals surface area contributed by atoms with Crippen LogP contribution >= 0.6 is 11.6 Å². The molecule has 2 nitrogen and oxygen atoms in total. The third-order valence-corrected chi connectivity index (χ3v) is 3.21. The van der Waals surface area contributed by atoms with E-state index in [1.54, 1.807) is 0 Å². The highest BCUT2D eigenvalue weighted by Crippen LogP contribution is 2.21. The molecular weight excluding hydrogens is 246 g/mol. The Hall–Kier alpha value is -1.25. The Morgan fingerprint density at radius 3 is 2.56 bits per heavy atom. The van der Waals surface area contributed by atoms with Gasteiger partial charge in [-0.15, -0.1) is 0 Å². The van der Waals surface area contributed by atoms with Gasteiger partial charge in [-0.3, -0.25) is 0 Å². The van der Waals surface area contributed by atoms with Crippen LogP contribution in [0.2, 0.25) is 5.02 Å². The zero-order chi connectivity index (χ0) is 13.0. The van der Waals surface area contributed by atoms with Gasteiger partial charge in [0.15, 0.2) is 0 Å².